The van der Waals surface area contributed by atoms with Gasteiger partial charge in [-0.25, -0.2) is 0 Å². The van der Waals surface area contributed by atoms with Crippen LogP contribution in [0, 0.1) is 0 Å². The number of methoxy groups -OCH3 is 1. The fraction of sp³-hybridized carbons (Fsp3) is 0.412. The van der Waals surface area contributed by atoms with E-state index >= 15 is 0 Å². The van der Waals surface area contributed by atoms with Crippen molar-refractivity contribution in [1.29, 1.82) is 0 Å². The van der Waals surface area contributed by atoms with Crippen LogP contribution in [0.1, 0.15) is 25.8 Å². The van der Waals surface area contributed by atoms with Crippen molar-refractivity contribution in [3.63, 3.8) is 0 Å². The molecule has 5 heteroatoms. The summed E-state index contributed by atoms with van der Waals surface area (Å²) in [6.45, 7) is 3.97. The van der Waals surface area contributed by atoms with Crippen LogP contribution in [0.2, 0.25) is 0 Å². The molecule has 1 aromatic carbocycles. The second-order valence-corrected chi connectivity index (χ2v) is 6.14. The molecule has 1 amide bonds. The lowest BCUT2D eigenvalue weighted by molar-refractivity contribution is -0.142. The lowest BCUT2D eigenvalue weighted by atomic mass is 9.74. The van der Waals surface area contributed by atoms with Gasteiger partial charge in [-0.3, -0.25) is 14.9 Å². The van der Waals surface area contributed by atoms with Gasteiger partial charge in [0.2, 0.25) is 5.91 Å². The van der Waals surface area contributed by atoms with E-state index in [1.807, 2.05) is 44.2 Å². The zero-order valence-electron chi connectivity index (χ0n) is 13.0. The highest BCUT2D eigenvalue weighted by Crippen LogP contribution is 2.47. The van der Waals surface area contributed by atoms with Crippen molar-refractivity contribution in [1.82, 2.24) is 5.32 Å². The first-order chi connectivity index (χ1) is 10.5. The van der Waals surface area contributed by atoms with Crippen LogP contribution >= 0.6 is 0 Å². The molecule has 0 aromatic heterocycles. The number of para-hydroxylation sites is 1. The Bertz CT molecular complexity index is 664. The van der Waals surface area contributed by atoms with Gasteiger partial charge in [-0.05, 0) is 31.9 Å². The zero-order valence-corrected chi connectivity index (χ0v) is 13.0. The van der Waals surface area contributed by atoms with Crippen molar-refractivity contribution >= 4 is 17.6 Å². The van der Waals surface area contributed by atoms with E-state index in [0.717, 1.165) is 16.8 Å². The molecule has 5 nitrogen and oxygen atoms in total. The van der Waals surface area contributed by atoms with Crippen molar-refractivity contribution < 1.29 is 14.3 Å². The molecule has 0 unspecified atom stereocenters. The van der Waals surface area contributed by atoms with Crippen LogP contribution < -0.4 is 10.6 Å². The van der Waals surface area contributed by atoms with Crippen molar-refractivity contribution in [3.05, 3.63) is 41.5 Å². The van der Waals surface area contributed by atoms with E-state index < -0.39 is 11.5 Å². The molecule has 0 saturated carbocycles. The number of rotatable bonds is 2. The van der Waals surface area contributed by atoms with E-state index in [9.17, 15) is 9.59 Å². The Balaban J connectivity index is 2.11. The Labute approximate surface area is 129 Å². The minimum atomic E-state index is -0.757. The number of benzene rings is 1. The Hall–Kier alpha value is -2.14. The summed E-state index contributed by atoms with van der Waals surface area (Å²) in [7, 11) is 1.37. The minimum absolute atomic E-state index is 0.0601. The van der Waals surface area contributed by atoms with Gasteiger partial charge in [0.15, 0.2) is 0 Å². The van der Waals surface area contributed by atoms with Gasteiger partial charge in [0.05, 0.1) is 12.5 Å². The summed E-state index contributed by atoms with van der Waals surface area (Å²) in [4.78, 5) is 24.7. The van der Waals surface area contributed by atoms with Crippen molar-refractivity contribution in [2.45, 2.75) is 37.8 Å². The van der Waals surface area contributed by atoms with E-state index in [4.69, 9.17) is 4.74 Å². The highest BCUT2D eigenvalue weighted by molar-refractivity contribution is 6.08. The molecule has 22 heavy (non-hydrogen) atoms. The molecule has 2 heterocycles. The van der Waals surface area contributed by atoms with Gasteiger partial charge in [-0.2, -0.15) is 0 Å². The van der Waals surface area contributed by atoms with E-state index in [2.05, 4.69) is 10.6 Å². The number of hydrogen-bond acceptors (Lipinski definition) is 4. The average molecular weight is 300 g/mol. The van der Waals surface area contributed by atoms with Crippen LogP contribution in [-0.2, 0) is 19.7 Å². The fourth-order valence-electron chi connectivity index (χ4n) is 3.53. The first-order valence-corrected chi connectivity index (χ1v) is 7.39. The summed E-state index contributed by atoms with van der Waals surface area (Å²) in [5.74, 6) is -0.392. The Kier molecular flexibility index (Phi) is 3.53. The first kappa shape index (κ1) is 14.8. The molecule has 2 aliphatic rings. The minimum Gasteiger partial charge on any atom is -0.468 e. The Morgan fingerprint density at radius 2 is 2.09 bits per heavy atom. The summed E-state index contributed by atoms with van der Waals surface area (Å²) in [6.07, 6.45) is 2.42. The SMILES string of the molecule is COC(=O)[C@@H]1C[C@]2(C(=O)Nc3ccccc32)[C@@H](C=C(C)C)N1. The topological polar surface area (TPSA) is 67.4 Å². The molecule has 0 radical (unpaired) electrons. The van der Waals surface area contributed by atoms with E-state index in [1.54, 1.807) is 0 Å². The van der Waals surface area contributed by atoms with E-state index in [0.29, 0.717) is 6.42 Å². The van der Waals surface area contributed by atoms with Crippen LogP contribution in [-0.4, -0.2) is 31.1 Å². The van der Waals surface area contributed by atoms with Crippen LogP contribution in [0.25, 0.3) is 0 Å². The summed E-state index contributed by atoms with van der Waals surface area (Å²) < 4.78 is 4.86. The van der Waals surface area contributed by atoms with Crippen molar-refractivity contribution in [2.24, 2.45) is 0 Å². The first-order valence-electron chi connectivity index (χ1n) is 7.39. The summed E-state index contributed by atoms with van der Waals surface area (Å²) >= 11 is 0. The number of carbonyl (C=O) groups is 2. The molecule has 0 bridgehead atoms. The maximum Gasteiger partial charge on any atom is 0.322 e. The molecule has 2 N–H and O–H groups in total. The van der Waals surface area contributed by atoms with Gasteiger partial charge < -0.3 is 10.1 Å². The van der Waals surface area contributed by atoms with Crippen LogP contribution in [0.3, 0.4) is 0 Å². The van der Waals surface area contributed by atoms with E-state index in [1.165, 1.54) is 7.11 Å². The van der Waals surface area contributed by atoms with Gasteiger partial charge in [0.25, 0.3) is 0 Å². The van der Waals surface area contributed by atoms with Crippen LogP contribution in [0.5, 0.6) is 0 Å². The number of hydrogen-bond donors (Lipinski definition) is 2. The van der Waals surface area contributed by atoms with Gasteiger partial charge in [0, 0.05) is 11.7 Å². The highest BCUT2D eigenvalue weighted by atomic mass is 16.5. The second kappa shape index (κ2) is 5.25. The number of esters is 1. The number of anilines is 1. The molecule has 1 aromatic rings. The normalized spacial score (nSPS) is 29.1. The quantitative estimate of drug-likeness (QED) is 0.645. The van der Waals surface area contributed by atoms with Crippen LogP contribution in [0.15, 0.2) is 35.9 Å². The van der Waals surface area contributed by atoms with Gasteiger partial charge >= 0.3 is 5.97 Å². The van der Waals surface area contributed by atoms with Crippen molar-refractivity contribution in [3.8, 4) is 0 Å². The van der Waals surface area contributed by atoms with Crippen molar-refractivity contribution in [2.75, 3.05) is 12.4 Å². The van der Waals surface area contributed by atoms with Crippen LogP contribution in [0.4, 0.5) is 5.69 Å². The third-order valence-corrected chi connectivity index (χ3v) is 4.48. The summed E-state index contributed by atoms with van der Waals surface area (Å²) in [5, 5.41) is 6.22. The lowest BCUT2D eigenvalue weighted by Crippen LogP contribution is -2.45. The third kappa shape index (κ3) is 2.04. The number of nitrogens with one attached hydrogen (secondary N) is 2. The molecule has 1 spiro atoms. The number of fused-ring (bicyclic) bond motifs is 2. The molecular formula is C17H20N2O3. The second-order valence-electron chi connectivity index (χ2n) is 6.14. The number of allylic oxidation sites excluding steroid dienone is 1. The largest absolute Gasteiger partial charge is 0.468 e. The Morgan fingerprint density at radius 3 is 2.77 bits per heavy atom. The smallest absolute Gasteiger partial charge is 0.322 e. The van der Waals surface area contributed by atoms with Gasteiger partial charge in [-0.1, -0.05) is 29.8 Å². The summed E-state index contributed by atoms with van der Waals surface area (Å²) in [5.41, 5.74) is 2.11. The Morgan fingerprint density at radius 1 is 1.36 bits per heavy atom. The fourth-order valence-corrected chi connectivity index (χ4v) is 3.53. The summed E-state index contributed by atoms with van der Waals surface area (Å²) in [6, 6.07) is 6.96. The maximum atomic E-state index is 12.8. The predicted molar refractivity (Wildman–Crippen MR) is 83.5 cm³/mol. The molecule has 0 aliphatic carbocycles. The number of ether oxygens (including phenoxy) is 1. The molecule has 3 atom stereocenters. The lowest BCUT2D eigenvalue weighted by Gasteiger charge is -2.27. The molecule has 1 fully saturated rings. The van der Waals surface area contributed by atoms with E-state index in [-0.39, 0.29) is 17.9 Å². The van der Waals surface area contributed by atoms with Gasteiger partial charge in [0.1, 0.15) is 6.04 Å². The monoisotopic (exact) mass is 300 g/mol. The zero-order chi connectivity index (χ0) is 15.9. The molecule has 116 valence electrons. The molecule has 2 aliphatic heterocycles. The molecule has 3 rings (SSSR count). The third-order valence-electron chi connectivity index (χ3n) is 4.48. The number of carbonyl (C=O) groups excluding carboxylic acids is 2. The molecule has 1 saturated heterocycles. The highest BCUT2D eigenvalue weighted by Gasteiger charge is 2.58. The average Bonchev–Trinajstić information content (AvgIpc) is 2.99. The number of amides is 1. The molecular weight excluding hydrogens is 280 g/mol. The predicted octanol–water partition coefficient (Wildman–Crippen LogP) is 1.75. The standard InChI is InChI=1S/C17H20N2O3/c1-10(2)8-14-17(9-13(18-14)15(20)22-3)11-6-4-5-7-12(11)19-16(17)21/h4-8,13-14,18H,9H2,1-3H3,(H,19,21)/t13-,14+,17+/m0/s1. The maximum absolute atomic E-state index is 12.8. The van der Waals surface area contributed by atoms with Gasteiger partial charge in [-0.15, -0.1) is 0 Å².